The number of rotatable bonds is 3. The van der Waals surface area contributed by atoms with Crippen LogP contribution in [-0.2, 0) is 9.59 Å². The number of hydrogen-bond donors (Lipinski definition) is 1. The lowest BCUT2D eigenvalue weighted by Gasteiger charge is -2.37. The van der Waals surface area contributed by atoms with Gasteiger partial charge in [-0.05, 0) is 49.8 Å². The van der Waals surface area contributed by atoms with Crippen LogP contribution in [0, 0.1) is 11.8 Å². The molecule has 4 atom stereocenters. The zero-order chi connectivity index (χ0) is 15.9. The Morgan fingerprint density at radius 2 is 2.09 bits per heavy atom. The first-order valence-electron chi connectivity index (χ1n) is 7.82. The number of hydrogen-bond acceptors (Lipinski definition) is 2. The molecule has 3 rings (SSSR count). The highest BCUT2D eigenvalue weighted by Crippen LogP contribution is 2.49. The highest BCUT2D eigenvalue weighted by atomic mass is 35.5. The van der Waals surface area contributed by atoms with E-state index in [1.807, 2.05) is 36.1 Å². The van der Waals surface area contributed by atoms with E-state index in [0.29, 0.717) is 11.6 Å². The van der Waals surface area contributed by atoms with Crippen LogP contribution in [0.5, 0.6) is 0 Å². The van der Waals surface area contributed by atoms with E-state index in [-0.39, 0.29) is 35.6 Å². The van der Waals surface area contributed by atoms with E-state index in [2.05, 4.69) is 0 Å². The minimum Gasteiger partial charge on any atom is -0.369 e. The summed E-state index contributed by atoms with van der Waals surface area (Å²) in [5.74, 6) is -0.0706. The van der Waals surface area contributed by atoms with Crippen LogP contribution in [0.15, 0.2) is 24.3 Å². The number of nitrogens with two attached hydrogens (primary N) is 1. The van der Waals surface area contributed by atoms with Crippen LogP contribution in [0.1, 0.15) is 37.7 Å². The normalized spacial score (nSPS) is 30.9. The van der Waals surface area contributed by atoms with Crippen molar-refractivity contribution in [3.63, 3.8) is 0 Å². The number of amides is 2. The number of piperidine rings is 1. The van der Waals surface area contributed by atoms with Crippen molar-refractivity contribution in [2.45, 2.75) is 38.1 Å². The van der Waals surface area contributed by atoms with Gasteiger partial charge in [-0.3, -0.25) is 9.59 Å². The molecule has 0 bridgehead atoms. The van der Waals surface area contributed by atoms with Crippen molar-refractivity contribution in [3.05, 3.63) is 34.9 Å². The largest absolute Gasteiger partial charge is 0.369 e. The Hall–Kier alpha value is -1.55. The Morgan fingerprint density at radius 1 is 1.32 bits per heavy atom. The molecular weight excluding hydrogens is 300 g/mol. The van der Waals surface area contributed by atoms with E-state index >= 15 is 0 Å². The molecule has 5 heteroatoms. The highest BCUT2D eigenvalue weighted by molar-refractivity contribution is 6.30. The van der Waals surface area contributed by atoms with Gasteiger partial charge in [0.15, 0.2) is 0 Å². The van der Waals surface area contributed by atoms with E-state index < -0.39 is 0 Å². The smallest absolute Gasteiger partial charge is 0.226 e. The molecular formula is C17H21ClN2O2. The van der Waals surface area contributed by atoms with Crippen molar-refractivity contribution in [1.82, 2.24) is 4.90 Å². The number of likely N-dealkylation sites (tertiary alicyclic amines) is 1. The fourth-order valence-electron chi connectivity index (χ4n) is 3.43. The average molecular weight is 321 g/mol. The molecule has 1 saturated carbocycles. The average Bonchev–Trinajstić information content (AvgIpc) is 3.27. The molecule has 2 amide bonds. The standard InChI is InChI=1S/C17H21ClN2O2/c1-10-5-6-12(16(19)21)9-20(10)17(22)15-8-14(15)11-3-2-4-13(18)7-11/h2-4,7,10,12,14-15H,5-6,8-9H2,1H3,(H2,19,21). The lowest BCUT2D eigenvalue weighted by atomic mass is 9.92. The first-order chi connectivity index (χ1) is 10.5. The summed E-state index contributed by atoms with van der Waals surface area (Å²) in [6, 6.07) is 7.91. The molecule has 1 saturated heterocycles. The maximum Gasteiger partial charge on any atom is 0.226 e. The summed E-state index contributed by atoms with van der Waals surface area (Å²) in [4.78, 5) is 26.0. The molecule has 22 heavy (non-hydrogen) atoms. The second-order valence-electron chi connectivity index (χ2n) is 6.52. The SMILES string of the molecule is CC1CCC(C(N)=O)CN1C(=O)C1CC1c1cccc(Cl)c1. The molecule has 4 unspecified atom stereocenters. The monoisotopic (exact) mass is 320 g/mol. The predicted molar refractivity (Wildman–Crippen MR) is 85.4 cm³/mol. The molecule has 2 fully saturated rings. The van der Waals surface area contributed by atoms with E-state index in [1.165, 1.54) is 0 Å². The fourth-order valence-corrected chi connectivity index (χ4v) is 3.63. The van der Waals surface area contributed by atoms with Crippen LogP contribution < -0.4 is 5.73 Å². The Balaban J connectivity index is 1.68. The highest BCUT2D eigenvalue weighted by Gasteiger charge is 2.47. The van der Waals surface area contributed by atoms with Crippen molar-refractivity contribution in [1.29, 1.82) is 0 Å². The van der Waals surface area contributed by atoms with E-state index in [1.54, 1.807) is 0 Å². The third-order valence-electron chi connectivity index (χ3n) is 4.95. The molecule has 1 aromatic carbocycles. The third-order valence-corrected chi connectivity index (χ3v) is 5.19. The summed E-state index contributed by atoms with van der Waals surface area (Å²) < 4.78 is 0. The molecule has 1 aromatic rings. The summed E-state index contributed by atoms with van der Waals surface area (Å²) in [6.07, 6.45) is 2.49. The third kappa shape index (κ3) is 2.98. The summed E-state index contributed by atoms with van der Waals surface area (Å²) in [5, 5.41) is 0.704. The fraction of sp³-hybridized carbons (Fsp3) is 0.529. The topological polar surface area (TPSA) is 63.4 Å². The van der Waals surface area contributed by atoms with Crippen LogP contribution in [0.3, 0.4) is 0 Å². The van der Waals surface area contributed by atoms with E-state index in [4.69, 9.17) is 17.3 Å². The van der Waals surface area contributed by atoms with Crippen molar-refractivity contribution in [3.8, 4) is 0 Å². The molecule has 0 aromatic heterocycles. The maximum atomic E-state index is 12.7. The summed E-state index contributed by atoms with van der Waals surface area (Å²) in [7, 11) is 0. The van der Waals surface area contributed by atoms with Crippen LogP contribution in [-0.4, -0.2) is 29.3 Å². The zero-order valence-electron chi connectivity index (χ0n) is 12.7. The van der Waals surface area contributed by atoms with Crippen LogP contribution in [0.4, 0.5) is 0 Å². The minimum absolute atomic E-state index is 0.0209. The maximum absolute atomic E-state index is 12.7. The van der Waals surface area contributed by atoms with Crippen LogP contribution >= 0.6 is 11.6 Å². The Morgan fingerprint density at radius 3 is 2.77 bits per heavy atom. The molecule has 0 spiro atoms. The summed E-state index contributed by atoms with van der Waals surface area (Å²) >= 11 is 6.02. The number of halogens is 1. The van der Waals surface area contributed by atoms with Gasteiger partial charge in [0, 0.05) is 23.5 Å². The Kier molecular flexibility index (Phi) is 4.13. The van der Waals surface area contributed by atoms with Gasteiger partial charge >= 0.3 is 0 Å². The second kappa shape index (κ2) is 5.92. The van der Waals surface area contributed by atoms with Gasteiger partial charge in [0.05, 0.1) is 5.92 Å². The van der Waals surface area contributed by atoms with Gasteiger partial charge in [-0.25, -0.2) is 0 Å². The van der Waals surface area contributed by atoms with Gasteiger partial charge < -0.3 is 10.6 Å². The van der Waals surface area contributed by atoms with Gasteiger partial charge in [0.1, 0.15) is 0 Å². The molecule has 2 N–H and O–H groups in total. The summed E-state index contributed by atoms with van der Waals surface area (Å²) in [6.45, 7) is 2.51. The lowest BCUT2D eigenvalue weighted by molar-refractivity contribution is -0.138. The quantitative estimate of drug-likeness (QED) is 0.930. The molecule has 1 aliphatic heterocycles. The Bertz CT molecular complexity index is 604. The zero-order valence-corrected chi connectivity index (χ0v) is 13.4. The van der Waals surface area contributed by atoms with E-state index in [0.717, 1.165) is 24.8 Å². The van der Waals surface area contributed by atoms with Crippen molar-refractivity contribution >= 4 is 23.4 Å². The first-order valence-corrected chi connectivity index (χ1v) is 8.20. The van der Waals surface area contributed by atoms with Gasteiger partial charge in [0.2, 0.25) is 11.8 Å². The van der Waals surface area contributed by atoms with Crippen LogP contribution in [0.2, 0.25) is 5.02 Å². The number of primary amides is 1. The number of carbonyl (C=O) groups is 2. The Labute approximate surface area is 135 Å². The first kappa shape index (κ1) is 15.3. The van der Waals surface area contributed by atoms with Crippen molar-refractivity contribution in [2.24, 2.45) is 17.6 Å². The van der Waals surface area contributed by atoms with Gasteiger partial charge in [-0.1, -0.05) is 23.7 Å². The predicted octanol–water partition coefficient (Wildman–Crippen LogP) is 2.56. The van der Waals surface area contributed by atoms with Gasteiger partial charge in [-0.15, -0.1) is 0 Å². The number of nitrogens with zero attached hydrogens (tertiary/aromatic N) is 1. The molecule has 1 aliphatic carbocycles. The molecule has 4 nitrogen and oxygen atoms in total. The number of carbonyl (C=O) groups excluding carboxylic acids is 2. The molecule has 118 valence electrons. The van der Waals surface area contributed by atoms with Gasteiger partial charge in [0.25, 0.3) is 0 Å². The van der Waals surface area contributed by atoms with Crippen LogP contribution in [0.25, 0.3) is 0 Å². The summed E-state index contributed by atoms with van der Waals surface area (Å²) in [5.41, 5.74) is 6.54. The number of benzene rings is 1. The molecule has 0 radical (unpaired) electrons. The molecule has 1 heterocycles. The van der Waals surface area contributed by atoms with Crippen molar-refractivity contribution < 1.29 is 9.59 Å². The lowest BCUT2D eigenvalue weighted by Crippen LogP contribution is -2.49. The van der Waals surface area contributed by atoms with Gasteiger partial charge in [-0.2, -0.15) is 0 Å². The second-order valence-corrected chi connectivity index (χ2v) is 6.96. The van der Waals surface area contributed by atoms with E-state index in [9.17, 15) is 9.59 Å². The minimum atomic E-state index is -0.299. The van der Waals surface area contributed by atoms with Crippen molar-refractivity contribution in [2.75, 3.05) is 6.54 Å². The molecule has 2 aliphatic rings.